The number of hydrogen-bond donors (Lipinski definition) is 0. The van der Waals surface area contributed by atoms with E-state index in [-0.39, 0.29) is 28.0 Å². The van der Waals surface area contributed by atoms with Crippen molar-refractivity contribution in [2.75, 3.05) is 11.5 Å². The number of sulfone groups is 1. The summed E-state index contributed by atoms with van der Waals surface area (Å²) in [5, 5.41) is 8.96. The highest BCUT2D eigenvalue weighted by Gasteiger charge is 2.40. The fourth-order valence-electron chi connectivity index (χ4n) is 2.80. The second kappa shape index (κ2) is 6.59. The first-order chi connectivity index (χ1) is 10.7. The van der Waals surface area contributed by atoms with E-state index >= 15 is 0 Å². The van der Waals surface area contributed by atoms with Crippen LogP contribution in [-0.2, 0) is 19.9 Å². The van der Waals surface area contributed by atoms with Gasteiger partial charge < -0.3 is 0 Å². The van der Waals surface area contributed by atoms with Crippen molar-refractivity contribution in [2.45, 2.75) is 43.7 Å². The molecule has 1 aliphatic heterocycles. The smallest absolute Gasteiger partial charge is 0.229 e. The zero-order valence-corrected chi connectivity index (χ0v) is 14.8. The molecule has 126 valence electrons. The number of benzene rings is 1. The maximum atomic E-state index is 13.0. The van der Waals surface area contributed by atoms with Crippen molar-refractivity contribution in [1.82, 2.24) is 4.31 Å². The third-order valence-electron chi connectivity index (χ3n) is 4.13. The van der Waals surface area contributed by atoms with Crippen LogP contribution in [0.1, 0.15) is 32.3 Å². The van der Waals surface area contributed by atoms with Gasteiger partial charge >= 0.3 is 0 Å². The molecule has 23 heavy (non-hydrogen) atoms. The highest BCUT2D eigenvalue weighted by Crippen LogP contribution is 2.28. The molecule has 0 spiro atoms. The average molecular weight is 356 g/mol. The maximum absolute atomic E-state index is 13.0. The van der Waals surface area contributed by atoms with Gasteiger partial charge in [-0.15, -0.1) is 0 Å². The molecule has 1 aromatic carbocycles. The van der Waals surface area contributed by atoms with Gasteiger partial charge in [0.25, 0.3) is 0 Å². The van der Waals surface area contributed by atoms with E-state index in [1.807, 2.05) is 13.0 Å². The molecule has 2 atom stereocenters. The molecule has 0 N–H and O–H groups in total. The Morgan fingerprint density at radius 3 is 2.65 bits per heavy atom. The van der Waals surface area contributed by atoms with Crippen LogP contribution < -0.4 is 0 Å². The lowest BCUT2D eigenvalue weighted by Gasteiger charge is -2.32. The molecule has 6 nitrogen and oxygen atoms in total. The van der Waals surface area contributed by atoms with Gasteiger partial charge in [-0.2, -0.15) is 9.57 Å². The van der Waals surface area contributed by atoms with Gasteiger partial charge in [-0.3, -0.25) is 0 Å². The molecule has 2 rings (SSSR count). The predicted molar refractivity (Wildman–Crippen MR) is 87.0 cm³/mol. The summed E-state index contributed by atoms with van der Waals surface area (Å²) in [5.41, 5.74) is 0.259. The maximum Gasteiger partial charge on any atom is 0.243 e. The zero-order chi connectivity index (χ0) is 17.3. The Balaban J connectivity index is 2.48. The van der Waals surface area contributed by atoms with E-state index in [4.69, 9.17) is 5.26 Å². The topological polar surface area (TPSA) is 95.3 Å². The van der Waals surface area contributed by atoms with Crippen LogP contribution in [0, 0.1) is 11.3 Å². The van der Waals surface area contributed by atoms with E-state index in [1.54, 1.807) is 6.92 Å². The van der Waals surface area contributed by atoms with Crippen LogP contribution in [0.5, 0.6) is 0 Å². The van der Waals surface area contributed by atoms with E-state index in [2.05, 4.69) is 0 Å². The van der Waals surface area contributed by atoms with Crippen molar-refractivity contribution in [1.29, 1.82) is 5.26 Å². The Hall–Kier alpha value is -1.43. The molecule has 0 amide bonds. The highest BCUT2D eigenvalue weighted by atomic mass is 32.2. The Bertz CT molecular complexity index is 825. The number of nitriles is 1. The van der Waals surface area contributed by atoms with Crippen LogP contribution in [0.4, 0.5) is 0 Å². The standard InChI is InChI=1S/C15H20N2O4S2/c1-3-12(2)17(14-7-8-22(18,19)11-14)23(20,21)15-6-4-5-13(9-15)10-16/h4-6,9,12,14H,3,7-8,11H2,1-2H3/t12-,14+/m1/s1. The molecule has 0 saturated carbocycles. The van der Waals surface area contributed by atoms with Crippen molar-refractivity contribution in [3.05, 3.63) is 29.8 Å². The van der Waals surface area contributed by atoms with Gasteiger partial charge in [0.2, 0.25) is 10.0 Å². The molecule has 1 saturated heterocycles. The molecule has 8 heteroatoms. The normalized spacial score (nSPS) is 21.9. The number of sulfonamides is 1. The molecule has 1 fully saturated rings. The second-order valence-corrected chi connectivity index (χ2v) is 9.86. The first kappa shape index (κ1) is 17.9. The Kier molecular flexibility index (Phi) is 5.14. The lowest BCUT2D eigenvalue weighted by molar-refractivity contribution is 0.271. The van der Waals surface area contributed by atoms with Gasteiger partial charge in [-0.05, 0) is 38.0 Å². The fourth-order valence-corrected chi connectivity index (χ4v) is 6.57. The van der Waals surface area contributed by atoms with Crippen LogP contribution in [0.3, 0.4) is 0 Å². The van der Waals surface area contributed by atoms with Gasteiger partial charge in [0.05, 0.1) is 28.0 Å². The van der Waals surface area contributed by atoms with Gasteiger partial charge in [0.15, 0.2) is 9.84 Å². The molecule has 0 aromatic heterocycles. The SMILES string of the molecule is CC[C@@H](C)N([C@H]1CCS(=O)(=O)C1)S(=O)(=O)c1cccc(C#N)c1. The Morgan fingerprint density at radius 2 is 2.13 bits per heavy atom. The lowest BCUT2D eigenvalue weighted by Crippen LogP contribution is -2.46. The summed E-state index contributed by atoms with van der Waals surface area (Å²) in [6.07, 6.45) is 0.886. The average Bonchev–Trinajstić information content (AvgIpc) is 2.86. The summed E-state index contributed by atoms with van der Waals surface area (Å²) in [4.78, 5) is 0.0288. The number of rotatable bonds is 5. The van der Waals surface area contributed by atoms with Gasteiger partial charge in [-0.1, -0.05) is 13.0 Å². The van der Waals surface area contributed by atoms with Crippen molar-refractivity contribution in [3.8, 4) is 6.07 Å². The largest absolute Gasteiger partial charge is 0.243 e. The van der Waals surface area contributed by atoms with Crippen LogP contribution in [0.25, 0.3) is 0 Å². The summed E-state index contributed by atoms with van der Waals surface area (Å²) >= 11 is 0. The third kappa shape index (κ3) is 3.74. The zero-order valence-electron chi connectivity index (χ0n) is 13.1. The minimum Gasteiger partial charge on any atom is -0.229 e. The molecule has 1 aromatic rings. The minimum atomic E-state index is -3.86. The molecule has 0 radical (unpaired) electrons. The molecule has 0 unspecified atom stereocenters. The fraction of sp³-hybridized carbons (Fsp3) is 0.533. The van der Waals surface area contributed by atoms with Crippen LogP contribution in [-0.4, -0.2) is 44.7 Å². The molecule has 1 aliphatic rings. The molecule has 0 aliphatic carbocycles. The Morgan fingerprint density at radius 1 is 1.43 bits per heavy atom. The first-order valence-electron chi connectivity index (χ1n) is 7.45. The first-order valence-corrected chi connectivity index (χ1v) is 10.7. The van der Waals surface area contributed by atoms with Crippen molar-refractivity contribution in [3.63, 3.8) is 0 Å². The van der Waals surface area contributed by atoms with Crippen LogP contribution in [0.15, 0.2) is 29.2 Å². The van der Waals surface area contributed by atoms with Crippen molar-refractivity contribution >= 4 is 19.9 Å². The van der Waals surface area contributed by atoms with E-state index in [9.17, 15) is 16.8 Å². The minimum absolute atomic E-state index is 0.0123. The quantitative estimate of drug-likeness (QED) is 0.797. The number of nitrogens with zero attached hydrogens (tertiary/aromatic N) is 2. The monoisotopic (exact) mass is 356 g/mol. The molecule has 1 heterocycles. The summed E-state index contributed by atoms with van der Waals surface area (Å²) in [5.74, 6) is -0.132. The molecule has 0 bridgehead atoms. The van der Waals surface area contributed by atoms with Gasteiger partial charge in [0, 0.05) is 12.1 Å². The molecular weight excluding hydrogens is 336 g/mol. The lowest BCUT2D eigenvalue weighted by atomic mass is 10.2. The van der Waals surface area contributed by atoms with Gasteiger partial charge in [0.1, 0.15) is 0 Å². The second-order valence-electron chi connectivity index (χ2n) is 5.79. The van der Waals surface area contributed by atoms with E-state index < -0.39 is 25.9 Å². The molecular formula is C15H20N2O4S2. The van der Waals surface area contributed by atoms with Crippen molar-refractivity contribution < 1.29 is 16.8 Å². The summed E-state index contributed by atoms with van der Waals surface area (Å²) in [6.45, 7) is 3.64. The van der Waals surface area contributed by atoms with Gasteiger partial charge in [-0.25, -0.2) is 16.8 Å². The van der Waals surface area contributed by atoms with E-state index in [0.29, 0.717) is 12.8 Å². The summed E-state index contributed by atoms with van der Waals surface area (Å²) in [7, 11) is -7.06. The van der Waals surface area contributed by atoms with E-state index in [0.717, 1.165) is 0 Å². The number of hydrogen-bond acceptors (Lipinski definition) is 5. The summed E-state index contributed by atoms with van der Waals surface area (Å²) in [6, 6.07) is 6.88. The van der Waals surface area contributed by atoms with E-state index in [1.165, 1.54) is 28.6 Å². The van der Waals surface area contributed by atoms with Crippen molar-refractivity contribution in [2.24, 2.45) is 0 Å². The van der Waals surface area contributed by atoms with Crippen LogP contribution in [0.2, 0.25) is 0 Å². The highest BCUT2D eigenvalue weighted by molar-refractivity contribution is 7.92. The van der Waals surface area contributed by atoms with Crippen LogP contribution >= 0.6 is 0 Å². The third-order valence-corrected chi connectivity index (χ3v) is 7.95. The summed E-state index contributed by atoms with van der Waals surface area (Å²) < 4.78 is 50.9. The Labute approximate surface area is 137 Å². The predicted octanol–water partition coefficient (Wildman–Crippen LogP) is 1.53.